The zero-order valence-corrected chi connectivity index (χ0v) is 18.4. The number of aliphatic hydroxyl groups is 1. The van der Waals surface area contributed by atoms with Crippen molar-refractivity contribution in [2.24, 2.45) is 0 Å². The third-order valence-corrected chi connectivity index (χ3v) is 5.70. The number of aliphatic hydroxyl groups excluding tert-OH is 1. The van der Waals surface area contributed by atoms with Crippen molar-refractivity contribution in [3.8, 4) is 0 Å². The van der Waals surface area contributed by atoms with Crippen LogP contribution in [-0.4, -0.2) is 35.0 Å². The van der Waals surface area contributed by atoms with E-state index in [1.54, 1.807) is 83.5 Å². The van der Waals surface area contributed by atoms with Crippen molar-refractivity contribution in [2.75, 3.05) is 23.3 Å². The van der Waals surface area contributed by atoms with Crippen molar-refractivity contribution in [2.45, 2.75) is 26.0 Å². The topological polar surface area (TPSA) is 72.9 Å². The quantitative estimate of drug-likeness (QED) is 0.561. The lowest BCUT2D eigenvalue weighted by Crippen LogP contribution is -2.49. The predicted molar refractivity (Wildman–Crippen MR) is 126 cm³/mol. The first-order chi connectivity index (χ1) is 15.9. The monoisotopic (exact) mass is 447 g/mol. The van der Waals surface area contributed by atoms with Crippen molar-refractivity contribution in [1.82, 2.24) is 4.90 Å². The first-order valence-electron chi connectivity index (χ1n) is 10.9. The summed E-state index contributed by atoms with van der Waals surface area (Å²) in [7, 11) is 0. The Balaban J connectivity index is 1.44. The molecule has 0 radical (unpaired) electrons. The van der Waals surface area contributed by atoms with E-state index in [-0.39, 0.29) is 24.3 Å². The first kappa shape index (κ1) is 22.5. The third-order valence-electron chi connectivity index (χ3n) is 5.70. The van der Waals surface area contributed by atoms with Gasteiger partial charge in [0, 0.05) is 35.6 Å². The van der Waals surface area contributed by atoms with Gasteiger partial charge in [-0.3, -0.25) is 9.69 Å². The Hall–Kier alpha value is -3.71. The van der Waals surface area contributed by atoms with Gasteiger partial charge in [-0.25, -0.2) is 9.18 Å². The Bertz CT molecular complexity index is 1150. The van der Waals surface area contributed by atoms with Gasteiger partial charge in [-0.2, -0.15) is 0 Å². The van der Waals surface area contributed by atoms with E-state index in [9.17, 15) is 19.1 Å². The molecule has 33 heavy (non-hydrogen) atoms. The number of amides is 3. The van der Waals surface area contributed by atoms with Gasteiger partial charge < -0.3 is 15.3 Å². The molecule has 1 heterocycles. The lowest BCUT2D eigenvalue weighted by Gasteiger charge is -2.35. The number of urea groups is 1. The van der Waals surface area contributed by atoms with Gasteiger partial charge in [0.05, 0.1) is 12.6 Å². The maximum Gasteiger partial charge on any atom is 0.324 e. The number of nitrogens with one attached hydrogen (secondary N) is 1. The SMILES string of the molecule is C[C@H](O)c1cccc(NC(=O)c2ccc(N3CCCN(Cc4ccccc4F)C3=O)cc2)c1. The van der Waals surface area contributed by atoms with Gasteiger partial charge in [0.1, 0.15) is 5.82 Å². The summed E-state index contributed by atoms with van der Waals surface area (Å²) in [5.41, 5.74) is 2.93. The Morgan fingerprint density at radius 3 is 2.55 bits per heavy atom. The second-order valence-corrected chi connectivity index (χ2v) is 8.10. The van der Waals surface area contributed by atoms with Crippen molar-refractivity contribution in [1.29, 1.82) is 0 Å². The van der Waals surface area contributed by atoms with Crippen LogP contribution in [0.15, 0.2) is 72.8 Å². The summed E-state index contributed by atoms with van der Waals surface area (Å²) in [5, 5.41) is 12.5. The van der Waals surface area contributed by atoms with Crippen molar-refractivity contribution >= 4 is 23.3 Å². The van der Waals surface area contributed by atoms with E-state index in [2.05, 4.69) is 5.32 Å². The van der Waals surface area contributed by atoms with E-state index in [1.807, 2.05) is 0 Å². The van der Waals surface area contributed by atoms with Crippen LogP contribution in [0.4, 0.5) is 20.6 Å². The summed E-state index contributed by atoms with van der Waals surface area (Å²) in [6.07, 6.45) is 0.142. The minimum absolute atomic E-state index is 0.184. The predicted octanol–water partition coefficient (Wildman–Crippen LogP) is 4.96. The number of benzene rings is 3. The van der Waals surface area contributed by atoms with Crippen molar-refractivity contribution in [3.63, 3.8) is 0 Å². The largest absolute Gasteiger partial charge is 0.389 e. The van der Waals surface area contributed by atoms with Gasteiger partial charge in [0.25, 0.3) is 5.91 Å². The summed E-state index contributed by atoms with van der Waals surface area (Å²) in [5.74, 6) is -0.604. The number of hydrogen-bond acceptors (Lipinski definition) is 3. The number of anilines is 2. The second-order valence-electron chi connectivity index (χ2n) is 8.10. The first-order valence-corrected chi connectivity index (χ1v) is 10.9. The van der Waals surface area contributed by atoms with Crippen LogP contribution in [0.25, 0.3) is 0 Å². The third kappa shape index (κ3) is 5.21. The van der Waals surface area contributed by atoms with E-state index in [0.29, 0.717) is 41.2 Å². The van der Waals surface area contributed by atoms with E-state index in [1.165, 1.54) is 6.07 Å². The fourth-order valence-corrected chi connectivity index (χ4v) is 3.87. The number of nitrogens with zero attached hydrogens (tertiary/aromatic N) is 2. The summed E-state index contributed by atoms with van der Waals surface area (Å²) in [6, 6.07) is 20.2. The number of hydrogen-bond donors (Lipinski definition) is 2. The van der Waals surface area contributed by atoms with Crippen LogP contribution in [0.2, 0.25) is 0 Å². The average molecular weight is 448 g/mol. The molecular formula is C26H26FN3O3. The molecule has 0 saturated carbocycles. The fraction of sp³-hybridized carbons (Fsp3) is 0.231. The molecule has 6 nitrogen and oxygen atoms in total. The smallest absolute Gasteiger partial charge is 0.324 e. The summed E-state index contributed by atoms with van der Waals surface area (Å²) < 4.78 is 14.0. The van der Waals surface area contributed by atoms with Crippen molar-refractivity contribution < 1.29 is 19.1 Å². The molecule has 0 aliphatic carbocycles. The highest BCUT2D eigenvalue weighted by atomic mass is 19.1. The van der Waals surface area contributed by atoms with Gasteiger partial charge in [-0.05, 0) is 61.4 Å². The molecule has 1 aliphatic heterocycles. The summed E-state index contributed by atoms with van der Waals surface area (Å²) in [4.78, 5) is 28.9. The van der Waals surface area contributed by atoms with Crippen LogP contribution in [0, 0.1) is 5.82 Å². The molecule has 1 atom stereocenters. The second kappa shape index (κ2) is 9.83. The standard InChI is InChI=1S/C26H26FN3O3/c1-18(31)20-7-4-8-22(16-20)28-25(32)19-10-12-23(13-11-19)30-15-5-14-29(26(30)33)17-21-6-2-3-9-24(21)27/h2-4,6-13,16,18,31H,5,14-15,17H2,1H3,(H,28,32)/t18-/m0/s1. The molecule has 3 aromatic carbocycles. The molecule has 7 heteroatoms. The minimum atomic E-state index is -0.624. The van der Waals surface area contributed by atoms with E-state index in [0.717, 1.165) is 6.42 Å². The van der Waals surface area contributed by atoms with E-state index < -0.39 is 6.10 Å². The van der Waals surface area contributed by atoms with Crippen LogP contribution in [0.3, 0.4) is 0 Å². The van der Waals surface area contributed by atoms with Gasteiger partial charge in [-0.1, -0.05) is 30.3 Å². The van der Waals surface area contributed by atoms with Crippen LogP contribution in [0.1, 0.15) is 40.9 Å². The van der Waals surface area contributed by atoms with Gasteiger partial charge in [0.2, 0.25) is 0 Å². The van der Waals surface area contributed by atoms with Crippen LogP contribution in [0.5, 0.6) is 0 Å². The molecule has 3 amide bonds. The fourth-order valence-electron chi connectivity index (χ4n) is 3.87. The zero-order chi connectivity index (χ0) is 23.4. The Morgan fingerprint density at radius 1 is 1.06 bits per heavy atom. The molecule has 0 bridgehead atoms. The maximum absolute atomic E-state index is 14.0. The molecule has 1 aliphatic rings. The molecule has 1 fully saturated rings. The molecule has 0 aromatic heterocycles. The van der Waals surface area contributed by atoms with Crippen LogP contribution in [-0.2, 0) is 6.54 Å². The Labute approximate surface area is 192 Å². The highest BCUT2D eigenvalue weighted by Crippen LogP contribution is 2.23. The summed E-state index contributed by atoms with van der Waals surface area (Å²) >= 11 is 0. The van der Waals surface area contributed by atoms with Crippen LogP contribution < -0.4 is 10.2 Å². The molecule has 2 N–H and O–H groups in total. The maximum atomic E-state index is 14.0. The van der Waals surface area contributed by atoms with Gasteiger partial charge in [0.15, 0.2) is 0 Å². The minimum Gasteiger partial charge on any atom is -0.389 e. The molecule has 1 saturated heterocycles. The van der Waals surface area contributed by atoms with Crippen LogP contribution >= 0.6 is 0 Å². The molecule has 4 rings (SSSR count). The van der Waals surface area contributed by atoms with E-state index in [4.69, 9.17) is 0 Å². The molecule has 3 aromatic rings. The highest BCUT2D eigenvalue weighted by molar-refractivity contribution is 6.04. The average Bonchev–Trinajstić information content (AvgIpc) is 2.82. The number of halogens is 1. The molecular weight excluding hydrogens is 421 g/mol. The Kier molecular flexibility index (Phi) is 6.70. The lowest BCUT2D eigenvalue weighted by molar-refractivity contribution is 0.102. The lowest BCUT2D eigenvalue weighted by atomic mass is 10.1. The van der Waals surface area contributed by atoms with Crippen molar-refractivity contribution in [3.05, 3.63) is 95.3 Å². The summed E-state index contributed by atoms with van der Waals surface area (Å²) in [6.45, 7) is 3.01. The number of carbonyl (C=O) groups excluding carboxylic acids is 2. The van der Waals surface area contributed by atoms with Gasteiger partial charge >= 0.3 is 6.03 Å². The highest BCUT2D eigenvalue weighted by Gasteiger charge is 2.27. The molecule has 0 unspecified atom stereocenters. The molecule has 0 spiro atoms. The normalized spacial score (nSPS) is 14.8. The molecule has 170 valence electrons. The van der Waals surface area contributed by atoms with Gasteiger partial charge in [-0.15, -0.1) is 0 Å². The zero-order valence-electron chi connectivity index (χ0n) is 18.4. The number of rotatable bonds is 6. The number of carbonyl (C=O) groups is 2. The Morgan fingerprint density at radius 2 is 1.82 bits per heavy atom. The van der Waals surface area contributed by atoms with E-state index >= 15 is 0 Å².